The van der Waals surface area contributed by atoms with Gasteiger partial charge in [-0.25, -0.2) is 19.4 Å². The molecule has 6 nitrogen and oxygen atoms in total. The number of hydrogen-bond donors (Lipinski definition) is 1. The number of carbonyl (C=O) groups excluding carboxylic acids is 1. The third kappa shape index (κ3) is 4.41. The molecule has 0 unspecified atom stereocenters. The molecular formula is C20H13FN4O2S. The van der Waals surface area contributed by atoms with Crippen molar-refractivity contribution in [3.8, 4) is 11.8 Å². The number of rotatable bonds is 4. The fourth-order valence-electron chi connectivity index (χ4n) is 2.45. The van der Waals surface area contributed by atoms with E-state index in [0.717, 1.165) is 17.3 Å². The summed E-state index contributed by atoms with van der Waals surface area (Å²) in [6.45, 7) is 0. The number of benzene rings is 2. The largest absolute Gasteiger partial charge is 0.424 e. The molecule has 8 heteroatoms. The number of halogens is 1. The Kier molecular flexibility index (Phi) is 5.11. The van der Waals surface area contributed by atoms with Crippen molar-refractivity contribution >= 4 is 34.6 Å². The SMILES string of the molecule is O=C1NC(=Nc2cccc(F)c2)/C(=C/c2cccc(Oc3ncccn3)c2)S1. The molecule has 2 heterocycles. The van der Waals surface area contributed by atoms with Gasteiger partial charge in [-0.3, -0.25) is 4.79 Å². The van der Waals surface area contributed by atoms with Crippen LogP contribution in [0.3, 0.4) is 0 Å². The Morgan fingerprint density at radius 3 is 2.71 bits per heavy atom. The number of nitrogens with one attached hydrogen (secondary N) is 1. The van der Waals surface area contributed by atoms with Crippen molar-refractivity contribution in [3.05, 3.63) is 83.3 Å². The highest BCUT2D eigenvalue weighted by Crippen LogP contribution is 2.29. The van der Waals surface area contributed by atoms with Gasteiger partial charge in [0.15, 0.2) is 0 Å². The Hall–Kier alpha value is -3.52. The Morgan fingerprint density at radius 2 is 1.89 bits per heavy atom. The van der Waals surface area contributed by atoms with Crippen LogP contribution in [-0.2, 0) is 0 Å². The first-order chi connectivity index (χ1) is 13.7. The van der Waals surface area contributed by atoms with Crippen LogP contribution in [0.15, 0.2) is 76.9 Å². The van der Waals surface area contributed by atoms with E-state index in [4.69, 9.17) is 4.74 Å². The van der Waals surface area contributed by atoms with E-state index < -0.39 is 5.82 Å². The van der Waals surface area contributed by atoms with Crippen molar-refractivity contribution in [1.29, 1.82) is 0 Å². The quantitative estimate of drug-likeness (QED) is 0.681. The van der Waals surface area contributed by atoms with E-state index in [1.165, 1.54) is 12.1 Å². The van der Waals surface area contributed by atoms with Gasteiger partial charge in [-0.15, -0.1) is 0 Å². The third-order valence-corrected chi connectivity index (χ3v) is 4.43. The molecule has 4 rings (SSSR count). The lowest BCUT2D eigenvalue weighted by atomic mass is 10.2. The highest BCUT2D eigenvalue weighted by atomic mass is 32.2. The van der Waals surface area contributed by atoms with Crippen LogP contribution in [0.1, 0.15) is 5.56 Å². The fourth-order valence-corrected chi connectivity index (χ4v) is 3.19. The van der Waals surface area contributed by atoms with E-state index in [1.807, 2.05) is 12.1 Å². The molecule has 1 aliphatic heterocycles. The molecule has 1 aromatic heterocycles. The molecular weight excluding hydrogens is 379 g/mol. The number of hydrogen-bond acceptors (Lipinski definition) is 6. The van der Waals surface area contributed by atoms with Crippen LogP contribution < -0.4 is 10.1 Å². The molecule has 3 aromatic rings. The predicted molar refractivity (Wildman–Crippen MR) is 106 cm³/mol. The first-order valence-corrected chi connectivity index (χ1v) is 9.07. The Morgan fingerprint density at radius 1 is 1.07 bits per heavy atom. The molecule has 28 heavy (non-hydrogen) atoms. The molecule has 1 N–H and O–H groups in total. The van der Waals surface area contributed by atoms with Crippen molar-refractivity contribution in [3.63, 3.8) is 0 Å². The second kappa shape index (κ2) is 8.01. The molecule has 0 bridgehead atoms. The van der Waals surface area contributed by atoms with E-state index in [9.17, 15) is 9.18 Å². The maximum absolute atomic E-state index is 13.4. The van der Waals surface area contributed by atoms with Crippen molar-refractivity contribution in [2.24, 2.45) is 4.99 Å². The Bertz CT molecular complexity index is 1090. The van der Waals surface area contributed by atoms with E-state index in [1.54, 1.807) is 48.8 Å². The average Bonchev–Trinajstić information content (AvgIpc) is 3.01. The molecule has 2 aromatic carbocycles. The summed E-state index contributed by atoms with van der Waals surface area (Å²) < 4.78 is 19.0. The van der Waals surface area contributed by atoms with Gasteiger partial charge < -0.3 is 10.1 Å². The topological polar surface area (TPSA) is 76.5 Å². The fraction of sp³-hybridized carbons (Fsp3) is 0. The molecule has 138 valence electrons. The van der Waals surface area contributed by atoms with Crippen molar-refractivity contribution in [2.45, 2.75) is 0 Å². The van der Waals surface area contributed by atoms with Gasteiger partial charge in [-0.1, -0.05) is 18.2 Å². The summed E-state index contributed by atoms with van der Waals surface area (Å²) in [6, 6.07) is 15.1. The van der Waals surface area contributed by atoms with Gasteiger partial charge in [0.2, 0.25) is 0 Å². The van der Waals surface area contributed by atoms with Crippen LogP contribution in [0, 0.1) is 5.82 Å². The Labute approximate surface area is 164 Å². The molecule has 0 radical (unpaired) electrons. The second-order valence-electron chi connectivity index (χ2n) is 5.67. The predicted octanol–water partition coefficient (Wildman–Crippen LogP) is 4.94. The maximum Gasteiger partial charge on any atom is 0.321 e. The zero-order valence-electron chi connectivity index (χ0n) is 14.4. The van der Waals surface area contributed by atoms with Crippen molar-refractivity contribution < 1.29 is 13.9 Å². The highest BCUT2D eigenvalue weighted by Gasteiger charge is 2.23. The Balaban J connectivity index is 1.61. The lowest BCUT2D eigenvalue weighted by Gasteiger charge is -2.04. The molecule has 1 amide bonds. The third-order valence-electron chi connectivity index (χ3n) is 3.61. The molecule has 0 spiro atoms. The molecule has 1 saturated heterocycles. The van der Waals surface area contributed by atoms with E-state index in [-0.39, 0.29) is 11.2 Å². The zero-order chi connectivity index (χ0) is 19.3. The number of amidine groups is 1. The summed E-state index contributed by atoms with van der Waals surface area (Å²) >= 11 is 1.02. The summed E-state index contributed by atoms with van der Waals surface area (Å²) in [5.74, 6) is 0.544. The number of nitrogens with zero attached hydrogens (tertiary/aromatic N) is 3. The minimum Gasteiger partial charge on any atom is -0.424 e. The van der Waals surface area contributed by atoms with Crippen molar-refractivity contribution in [1.82, 2.24) is 15.3 Å². The van der Waals surface area contributed by atoms with Gasteiger partial charge in [-0.05, 0) is 59.8 Å². The van der Waals surface area contributed by atoms with Crippen LogP contribution in [0.4, 0.5) is 14.9 Å². The molecule has 0 atom stereocenters. The monoisotopic (exact) mass is 392 g/mol. The summed E-state index contributed by atoms with van der Waals surface area (Å²) in [7, 11) is 0. The lowest BCUT2D eigenvalue weighted by Crippen LogP contribution is -2.18. The minimum atomic E-state index is -0.391. The summed E-state index contributed by atoms with van der Waals surface area (Å²) in [5, 5.41) is 2.43. The first-order valence-electron chi connectivity index (χ1n) is 8.26. The molecule has 1 fully saturated rings. The van der Waals surface area contributed by atoms with Gasteiger partial charge in [0.25, 0.3) is 5.24 Å². The number of thioether (sulfide) groups is 1. The summed E-state index contributed by atoms with van der Waals surface area (Å²) in [5.41, 5.74) is 1.22. The van der Waals surface area contributed by atoms with Gasteiger partial charge in [0, 0.05) is 12.4 Å². The van der Waals surface area contributed by atoms with E-state index in [0.29, 0.717) is 22.2 Å². The van der Waals surface area contributed by atoms with Crippen LogP contribution in [0.25, 0.3) is 6.08 Å². The minimum absolute atomic E-state index is 0.243. The smallest absolute Gasteiger partial charge is 0.321 e. The van der Waals surface area contributed by atoms with Gasteiger partial charge in [0.05, 0.1) is 10.6 Å². The number of amides is 1. The summed E-state index contributed by atoms with van der Waals surface area (Å²) in [6.07, 6.45) is 4.99. The van der Waals surface area contributed by atoms with Crippen LogP contribution in [0.2, 0.25) is 0 Å². The molecule has 0 saturated carbocycles. The number of aromatic nitrogens is 2. The number of aliphatic imine (C=N–C) groups is 1. The first kappa shape index (κ1) is 17.9. The van der Waals surface area contributed by atoms with Crippen molar-refractivity contribution in [2.75, 3.05) is 0 Å². The van der Waals surface area contributed by atoms with Gasteiger partial charge in [-0.2, -0.15) is 0 Å². The van der Waals surface area contributed by atoms with Crippen LogP contribution >= 0.6 is 11.8 Å². The normalized spacial score (nSPS) is 16.4. The molecule has 0 aliphatic carbocycles. The second-order valence-corrected chi connectivity index (χ2v) is 6.68. The average molecular weight is 392 g/mol. The number of carbonyl (C=O) groups is 1. The van der Waals surface area contributed by atoms with E-state index >= 15 is 0 Å². The lowest BCUT2D eigenvalue weighted by molar-refractivity contribution is 0.265. The van der Waals surface area contributed by atoms with E-state index in [2.05, 4.69) is 20.3 Å². The summed E-state index contributed by atoms with van der Waals surface area (Å²) in [4.78, 5) is 24.9. The van der Waals surface area contributed by atoms with Gasteiger partial charge >= 0.3 is 6.01 Å². The van der Waals surface area contributed by atoms with Gasteiger partial charge in [0.1, 0.15) is 17.4 Å². The maximum atomic E-state index is 13.4. The number of ether oxygens (including phenoxy) is 1. The standard InChI is InChI=1S/C20H13FN4O2S/c21-14-5-2-6-15(12-14)24-18-17(28-20(26)25-18)11-13-4-1-7-16(10-13)27-19-22-8-3-9-23-19/h1-12H,(H,24,25,26)/b17-11-. The highest BCUT2D eigenvalue weighted by molar-refractivity contribution is 8.18. The van der Waals surface area contributed by atoms with Crippen LogP contribution in [-0.4, -0.2) is 21.0 Å². The molecule has 1 aliphatic rings. The van der Waals surface area contributed by atoms with Crippen LogP contribution in [0.5, 0.6) is 11.8 Å². The zero-order valence-corrected chi connectivity index (χ0v) is 15.2.